The minimum absolute atomic E-state index is 0.156. The van der Waals surface area contributed by atoms with Crippen molar-refractivity contribution in [2.75, 3.05) is 4.72 Å². The molecule has 0 amide bonds. The van der Waals surface area contributed by atoms with Gasteiger partial charge in [0.05, 0.1) is 16.7 Å². The maximum absolute atomic E-state index is 12.2. The van der Waals surface area contributed by atoms with E-state index in [1.165, 1.54) is 23.5 Å². The van der Waals surface area contributed by atoms with E-state index in [9.17, 15) is 13.5 Å². The number of aliphatic hydroxyl groups is 1. The third-order valence-electron chi connectivity index (χ3n) is 2.71. The van der Waals surface area contributed by atoms with Crippen LogP contribution < -0.4 is 4.72 Å². The lowest BCUT2D eigenvalue weighted by atomic mass is 10.1. The molecule has 2 aromatic rings. The first-order valence-electron chi connectivity index (χ1n) is 5.86. The molecular formula is C13H15NO3S2. The molecule has 6 heteroatoms. The Morgan fingerprint density at radius 2 is 2.16 bits per heavy atom. The van der Waals surface area contributed by atoms with Crippen LogP contribution in [0.2, 0.25) is 0 Å². The van der Waals surface area contributed by atoms with Gasteiger partial charge >= 0.3 is 0 Å². The SMILES string of the molecule is CCC(O)c1cccc(S(=O)(=O)Nc2ccsc2)c1. The standard InChI is InChI=1S/C13H15NO3S2/c1-2-13(15)10-4-3-5-12(8-10)19(16,17)14-11-6-7-18-9-11/h3-9,13-15H,2H2,1H3. The summed E-state index contributed by atoms with van der Waals surface area (Å²) in [5, 5.41) is 13.3. The molecule has 1 aromatic carbocycles. The van der Waals surface area contributed by atoms with Gasteiger partial charge in [-0.2, -0.15) is 11.3 Å². The smallest absolute Gasteiger partial charge is 0.261 e. The molecule has 1 heterocycles. The van der Waals surface area contributed by atoms with Crippen LogP contribution in [0.15, 0.2) is 46.0 Å². The molecule has 19 heavy (non-hydrogen) atoms. The van der Waals surface area contributed by atoms with Gasteiger partial charge in [-0.1, -0.05) is 19.1 Å². The van der Waals surface area contributed by atoms with Crippen LogP contribution in [0.4, 0.5) is 5.69 Å². The van der Waals surface area contributed by atoms with Crippen LogP contribution in [0.1, 0.15) is 25.0 Å². The Hall–Kier alpha value is -1.37. The van der Waals surface area contributed by atoms with Crippen molar-refractivity contribution >= 4 is 27.0 Å². The van der Waals surface area contributed by atoms with E-state index < -0.39 is 16.1 Å². The van der Waals surface area contributed by atoms with Crippen molar-refractivity contribution in [1.29, 1.82) is 0 Å². The van der Waals surface area contributed by atoms with Gasteiger partial charge in [-0.3, -0.25) is 4.72 Å². The van der Waals surface area contributed by atoms with Crippen LogP contribution in [0, 0.1) is 0 Å². The molecule has 0 bridgehead atoms. The Labute approximate surface area is 116 Å². The first kappa shape index (κ1) is 14.0. The third-order valence-corrected chi connectivity index (χ3v) is 4.78. The van der Waals surface area contributed by atoms with Crippen molar-refractivity contribution < 1.29 is 13.5 Å². The molecule has 4 nitrogen and oxygen atoms in total. The molecule has 0 spiro atoms. The first-order chi connectivity index (χ1) is 9.03. The van der Waals surface area contributed by atoms with Crippen LogP contribution in [0.25, 0.3) is 0 Å². The maximum atomic E-state index is 12.2. The van der Waals surface area contributed by atoms with E-state index in [0.29, 0.717) is 17.7 Å². The maximum Gasteiger partial charge on any atom is 0.261 e. The molecule has 1 atom stereocenters. The number of hydrogen-bond donors (Lipinski definition) is 2. The van der Waals surface area contributed by atoms with Gasteiger partial charge in [0, 0.05) is 5.38 Å². The Morgan fingerprint density at radius 1 is 1.37 bits per heavy atom. The molecular weight excluding hydrogens is 282 g/mol. The van der Waals surface area contributed by atoms with Gasteiger partial charge in [0.2, 0.25) is 0 Å². The van der Waals surface area contributed by atoms with Crippen molar-refractivity contribution in [1.82, 2.24) is 0 Å². The van der Waals surface area contributed by atoms with Crippen LogP contribution in [0.3, 0.4) is 0 Å². The van der Waals surface area contributed by atoms with Gasteiger partial charge in [0.25, 0.3) is 10.0 Å². The summed E-state index contributed by atoms with van der Waals surface area (Å²) in [7, 11) is -3.60. The number of rotatable bonds is 5. The fourth-order valence-corrected chi connectivity index (χ4v) is 3.43. The van der Waals surface area contributed by atoms with Gasteiger partial charge in [0.1, 0.15) is 0 Å². The number of benzene rings is 1. The lowest BCUT2D eigenvalue weighted by Gasteiger charge is -2.11. The molecule has 0 aliphatic heterocycles. The molecule has 0 fully saturated rings. The molecule has 0 saturated heterocycles. The molecule has 0 radical (unpaired) electrons. The quantitative estimate of drug-likeness (QED) is 0.891. The van der Waals surface area contributed by atoms with Gasteiger partial charge in [-0.05, 0) is 35.6 Å². The number of anilines is 1. The topological polar surface area (TPSA) is 66.4 Å². The summed E-state index contributed by atoms with van der Waals surface area (Å²) in [6, 6.07) is 8.07. The third kappa shape index (κ3) is 3.34. The average molecular weight is 297 g/mol. The van der Waals surface area contributed by atoms with Gasteiger partial charge in [-0.15, -0.1) is 0 Å². The van der Waals surface area contributed by atoms with Crippen LogP contribution in [0.5, 0.6) is 0 Å². The van der Waals surface area contributed by atoms with E-state index in [-0.39, 0.29) is 4.90 Å². The number of aliphatic hydroxyl groups excluding tert-OH is 1. The van der Waals surface area contributed by atoms with Crippen molar-refractivity contribution in [3.05, 3.63) is 46.7 Å². The zero-order chi connectivity index (χ0) is 13.9. The van der Waals surface area contributed by atoms with Crippen LogP contribution >= 0.6 is 11.3 Å². The molecule has 2 rings (SSSR count). The lowest BCUT2D eigenvalue weighted by molar-refractivity contribution is 0.173. The Balaban J connectivity index is 2.30. The summed E-state index contributed by atoms with van der Waals surface area (Å²) in [6.45, 7) is 1.84. The largest absolute Gasteiger partial charge is 0.388 e. The van der Waals surface area contributed by atoms with Crippen molar-refractivity contribution in [2.45, 2.75) is 24.3 Å². The normalized spacial score (nSPS) is 13.2. The highest BCUT2D eigenvalue weighted by molar-refractivity contribution is 7.92. The van der Waals surface area contributed by atoms with Gasteiger partial charge in [-0.25, -0.2) is 8.42 Å². The summed E-state index contributed by atoms with van der Waals surface area (Å²) in [5.41, 5.74) is 1.15. The summed E-state index contributed by atoms with van der Waals surface area (Å²) >= 11 is 1.42. The van der Waals surface area contributed by atoms with Crippen molar-refractivity contribution in [3.8, 4) is 0 Å². The molecule has 2 N–H and O–H groups in total. The monoisotopic (exact) mass is 297 g/mol. The number of hydrogen-bond acceptors (Lipinski definition) is 4. The second kappa shape index (κ2) is 5.73. The molecule has 102 valence electrons. The summed E-state index contributed by atoms with van der Waals surface area (Å²) < 4.78 is 26.8. The highest BCUT2D eigenvalue weighted by Crippen LogP contribution is 2.22. The molecule has 0 aliphatic carbocycles. The van der Waals surface area contributed by atoms with Gasteiger partial charge in [0.15, 0.2) is 0 Å². The van der Waals surface area contributed by atoms with E-state index >= 15 is 0 Å². The fourth-order valence-electron chi connectivity index (χ4n) is 1.66. The highest BCUT2D eigenvalue weighted by atomic mass is 32.2. The Bertz CT molecular complexity index is 636. The zero-order valence-electron chi connectivity index (χ0n) is 10.4. The van der Waals surface area contributed by atoms with Crippen LogP contribution in [-0.4, -0.2) is 13.5 Å². The molecule has 1 unspecified atom stereocenters. The minimum atomic E-state index is -3.60. The predicted molar refractivity (Wildman–Crippen MR) is 76.8 cm³/mol. The first-order valence-corrected chi connectivity index (χ1v) is 8.28. The number of nitrogens with one attached hydrogen (secondary N) is 1. The second-order valence-electron chi connectivity index (χ2n) is 4.11. The van der Waals surface area contributed by atoms with E-state index in [2.05, 4.69) is 4.72 Å². The van der Waals surface area contributed by atoms with Crippen molar-refractivity contribution in [2.24, 2.45) is 0 Å². The van der Waals surface area contributed by atoms with Gasteiger partial charge < -0.3 is 5.11 Å². The fraction of sp³-hybridized carbons (Fsp3) is 0.231. The minimum Gasteiger partial charge on any atom is -0.388 e. The highest BCUT2D eigenvalue weighted by Gasteiger charge is 2.16. The van der Waals surface area contributed by atoms with E-state index in [1.54, 1.807) is 29.0 Å². The summed E-state index contributed by atoms with van der Waals surface area (Å²) in [6.07, 6.45) is -0.0992. The zero-order valence-corrected chi connectivity index (χ0v) is 12.0. The van der Waals surface area contributed by atoms with E-state index in [4.69, 9.17) is 0 Å². The van der Waals surface area contributed by atoms with E-state index in [1.807, 2.05) is 6.92 Å². The number of thiophene rings is 1. The Morgan fingerprint density at radius 3 is 2.79 bits per heavy atom. The lowest BCUT2D eigenvalue weighted by Crippen LogP contribution is -2.13. The predicted octanol–water partition coefficient (Wildman–Crippen LogP) is 2.99. The molecule has 0 saturated carbocycles. The number of sulfonamides is 1. The summed E-state index contributed by atoms with van der Waals surface area (Å²) in [4.78, 5) is 0.156. The molecule has 0 aliphatic rings. The second-order valence-corrected chi connectivity index (χ2v) is 6.58. The molecule has 1 aromatic heterocycles. The average Bonchev–Trinajstić information content (AvgIpc) is 2.90. The summed E-state index contributed by atoms with van der Waals surface area (Å²) in [5.74, 6) is 0. The van der Waals surface area contributed by atoms with E-state index in [0.717, 1.165) is 0 Å². The Kier molecular flexibility index (Phi) is 4.24. The van der Waals surface area contributed by atoms with Crippen molar-refractivity contribution in [3.63, 3.8) is 0 Å². The van der Waals surface area contributed by atoms with Crippen LogP contribution in [-0.2, 0) is 10.0 Å².